The van der Waals surface area contributed by atoms with E-state index >= 15 is 0 Å². The normalized spacial score (nSPS) is 11.7. The van der Waals surface area contributed by atoms with Gasteiger partial charge in [-0.3, -0.25) is 9.59 Å². The van der Waals surface area contributed by atoms with Crippen LogP contribution in [0.15, 0.2) is 12.7 Å². The summed E-state index contributed by atoms with van der Waals surface area (Å²) in [4.78, 5) is 24.2. The van der Waals surface area contributed by atoms with Crippen molar-refractivity contribution in [1.82, 2.24) is 10.2 Å². The lowest BCUT2D eigenvalue weighted by atomic mass is 10.2. The van der Waals surface area contributed by atoms with Crippen LogP contribution in [0.5, 0.6) is 0 Å². The highest BCUT2D eigenvalue weighted by atomic mass is 32.1. The highest BCUT2D eigenvalue weighted by Gasteiger charge is 2.22. The predicted molar refractivity (Wildman–Crippen MR) is 65.3 cm³/mol. The fourth-order valence-corrected chi connectivity index (χ4v) is 1.47. The zero-order valence-electron chi connectivity index (χ0n) is 9.35. The van der Waals surface area contributed by atoms with E-state index in [9.17, 15) is 9.59 Å². The van der Waals surface area contributed by atoms with Gasteiger partial charge in [-0.25, -0.2) is 0 Å². The first-order chi connectivity index (χ1) is 7.56. The zero-order valence-corrected chi connectivity index (χ0v) is 10.2. The summed E-state index contributed by atoms with van der Waals surface area (Å²) in [6.45, 7) is 5.30. The minimum Gasteiger partial charge on any atom is -0.395 e. The third-order valence-corrected chi connectivity index (χ3v) is 2.25. The summed E-state index contributed by atoms with van der Waals surface area (Å²) in [5.74, 6) is -0.327. The van der Waals surface area contributed by atoms with E-state index in [4.69, 9.17) is 5.11 Å². The van der Waals surface area contributed by atoms with E-state index in [2.05, 4.69) is 24.5 Å². The minimum atomic E-state index is -0.660. The van der Waals surface area contributed by atoms with Crippen molar-refractivity contribution in [2.24, 2.45) is 0 Å². The number of carbonyl (C=O) groups is 2. The van der Waals surface area contributed by atoms with Gasteiger partial charge >= 0.3 is 0 Å². The van der Waals surface area contributed by atoms with Crippen LogP contribution >= 0.6 is 12.6 Å². The van der Waals surface area contributed by atoms with Crippen LogP contribution in [-0.4, -0.2) is 53.3 Å². The quantitative estimate of drug-likeness (QED) is 0.416. The molecule has 5 nitrogen and oxygen atoms in total. The monoisotopic (exact) mass is 246 g/mol. The van der Waals surface area contributed by atoms with Crippen LogP contribution in [0.25, 0.3) is 0 Å². The Hall–Kier alpha value is -1.01. The molecule has 0 aliphatic carbocycles. The van der Waals surface area contributed by atoms with Gasteiger partial charge in [-0.15, -0.1) is 6.58 Å². The third-order valence-electron chi connectivity index (χ3n) is 1.89. The number of amides is 2. The highest BCUT2D eigenvalue weighted by Crippen LogP contribution is 1.98. The molecule has 1 unspecified atom stereocenters. The van der Waals surface area contributed by atoms with Crippen molar-refractivity contribution in [2.75, 3.05) is 25.4 Å². The van der Waals surface area contributed by atoms with E-state index in [0.717, 1.165) is 0 Å². The highest BCUT2D eigenvalue weighted by molar-refractivity contribution is 7.80. The Morgan fingerprint density at radius 2 is 2.25 bits per heavy atom. The number of thiol groups is 1. The van der Waals surface area contributed by atoms with Gasteiger partial charge in [0.2, 0.25) is 11.8 Å². The molecule has 0 radical (unpaired) electrons. The molecule has 0 saturated heterocycles. The molecule has 92 valence electrons. The summed E-state index contributed by atoms with van der Waals surface area (Å²) >= 11 is 4.01. The molecule has 0 bridgehead atoms. The fourth-order valence-electron chi connectivity index (χ4n) is 1.22. The van der Waals surface area contributed by atoms with Crippen molar-refractivity contribution < 1.29 is 14.7 Å². The van der Waals surface area contributed by atoms with Crippen LogP contribution in [0.3, 0.4) is 0 Å². The number of carbonyl (C=O) groups excluding carboxylic acids is 2. The van der Waals surface area contributed by atoms with Crippen LogP contribution in [0, 0.1) is 0 Å². The topological polar surface area (TPSA) is 69.6 Å². The predicted octanol–water partition coefficient (Wildman–Crippen LogP) is -0.572. The zero-order chi connectivity index (χ0) is 12.6. The van der Waals surface area contributed by atoms with Crippen molar-refractivity contribution in [2.45, 2.75) is 13.0 Å². The summed E-state index contributed by atoms with van der Waals surface area (Å²) in [5.41, 5.74) is 0. The van der Waals surface area contributed by atoms with Gasteiger partial charge in [0.15, 0.2) is 0 Å². The second kappa shape index (κ2) is 8.18. The average molecular weight is 246 g/mol. The van der Waals surface area contributed by atoms with Crippen LogP contribution < -0.4 is 5.32 Å². The van der Waals surface area contributed by atoms with Crippen LogP contribution in [-0.2, 0) is 9.59 Å². The van der Waals surface area contributed by atoms with Gasteiger partial charge in [-0.05, 0) is 0 Å². The van der Waals surface area contributed by atoms with Crippen molar-refractivity contribution in [1.29, 1.82) is 0 Å². The third kappa shape index (κ3) is 5.18. The van der Waals surface area contributed by atoms with Crippen molar-refractivity contribution >= 4 is 24.4 Å². The molecule has 1 atom stereocenters. The summed E-state index contributed by atoms with van der Waals surface area (Å²) in [5, 5.41) is 11.3. The van der Waals surface area contributed by atoms with E-state index in [1.807, 2.05) is 0 Å². The molecule has 2 amide bonds. The summed E-state index contributed by atoms with van der Waals surface area (Å²) in [6.07, 6.45) is 1.57. The number of hydrogen-bond acceptors (Lipinski definition) is 4. The maximum atomic E-state index is 11.9. The van der Waals surface area contributed by atoms with Gasteiger partial charge in [0, 0.05) is 25.8 Å². The molecule has 0 aliphatic rings. The van der Waals surface area contributed by atoms with E-state index in [1.54, 1.807) is 6.08 Å². The van der Waals surface area contributed by atoms with Gasteiger partial charge in [0.05, 0.1) is 6.61 Å². The van der Waals surface area contributed by atoms with E-state index < -0.39 is 6.04 Å². The molecule has 0 saturated carbocycles. The van der Waals surface area contributed by atoms with Crippen molar-refractivity contribution in [3.8, 4) is 0 Å². The summed E-state index contributed by atoms with van der Waals surface area (Å²) in [7, 11) is 0. The molecule has 0 aromatic heterocycles. The SMILES string of the molecule is C=CCN(CCO)C(=O)C(CS)NC(C)=O. The molecule has 0 aliphatic heterocycles. The summed E-state index contributed by atoms with van der Waals surface area (Å²) in [6, 6.07) is -0.660. The average Bonchev–Trinajstić information content (AvgIpc) is 2.24. The minimum absolute atomic E-state index is 0.126. The molecule has 0 fully saturated rings. The number of rotatable bonds is 7. The molecule has 0 aromatic carbocycles. The molecule has 16 heavy (non-hydrogen) atoms. The van der Waals surface area contributed by atoms with Gasteiger partial charge in [-0.2, -0.15) is 12.6 Å². The lowest BCUT2D eigenvalue weighted by Gasteiger charge is -2.25. The summed E-state index contributed by atoms with van der Waals surface area (Å²) < 4.78 is 0. The van der Waals surface area contributed by atoms with E-state index in [0.29, 0.717) is 6.54 Å². The Balaban J connectivity index is 4.52. The second-order valence-corrected chi connectivity index (χ2v) is 3.60. The largest absolute Gasteiger partial charge is 0.395 e. The Labute approximate surface area is 101 Å². The molecule has 2 N–H and O–H groups in total. The lowest BCUT2D eigenvalue weighted by Crippen LogP contribution is -2.49. The maximum Gasteiger partial charge on any atom is 0.246 e. The molecule has 6 heteroatoms. The van der Waals surface area contributed by atoms with Crippen LogP contribution in [0.4, 0.5) is 0 Å². The van der Waals surface area contributed by atoms with Crippen LogP contribution in [0.1, 0.15) is 6.92 Å². The van der Waals surface area contributed by atoms with Crippen LogP contribution in [0.2, 0.25) is 0 Å². The Bertz CT molecular complexity index is 254. The molecule has 0 aromatic rings. The van der Waals surface area contributed by atoms with Gasteiger partial charge in [0.1, 0.15) is 6.04 Å². The van der Waals surface area contributed by atoms with Gasteiger partial charge < -0.3 is 15.3 Å². The Morgan fingerprint density at radius 3 is 2.62 bits per heavy atom. The number of hydrogen-bond donors (Lipinski definition) is 3. The standard InChI is InChI=1S/C10H18N2O3S/c1-3-4-12(5-6-13)10(15)9(7-16)11-8(2)14/h3,9,13,16H,1,4-7H2,2H3,(H,11,14). The molecule has 0 rings (SSSR count). The number of aliphatic hydroxyl groups excluding tert-OH is 1. The maximum absolute atomic E-state index is 11.9. The second-order valence-electron chi connectivity index (χ2n) is 3.23. The van der Waals surface area contributed by atoms with E-state index in [1.165, 1.54) is 11.8 Å². The molecular weight excluding hydrogens is 228 g/mol. The fraction of sp³-hybridized carbons (Fsp3) is 0.600. The first-order valence-corrected chi connectivity index (χ1v) is 5.58. The van der Waals surface area contributed by atoms with Crippen molar-refractivity contribution in [3.05, 3.63) is 12.7 Å². The lowest BCUT2D eigenvalue weighted by molar-refractivity contribution is -0.135. The number of nitrogens with zero attached hydrogens (tertiary/aromatic N) is 1. The molecule has 0 spiro atoms. The van der Waals surface area contributed by atoms with Gasteiger partial charge in [0.25, 0.3) is 0 Å². The first-order valence-electron chi connectivity index (χ1n) is 4.95. The molecule has 0 heterocycles. The van der Waals surface area contributed by atoms with E-state index in [-0.39, 0.29) is 30.7 Å². The number of aliphatic hydroxyl groups is 1. The molecular formula is C10H18N2O3S. The number of nitrogens with one attached hydrogen (secondary N) is 1. The smallest absolute Gasteiger partial charge is 0.246 e. The van der Waals surface area contributed by atoms with Crippen molar-refractivity contribution in [3.63, 3.8) is 0 Å². The first kappa shape index (κ1) is 15.0. The van der Waals surface area contributed by atoms with Gasteiger partial charge in [-0.1, -0.05) is 6.08 Å². The Kier molecular flexibility index (Phi) is 7.66. The Morgan fingerprint density at radius 1 is 1.62 bits per heavy atom.